The first-order chi connectivity index (χ1) is 10.6. The second-order valence-electron chi connectivity index (χ2n) is 5.30. The third-order valence-electron chi connectivity index (χ3n) is 3.62. The van der Waals surface area contributed by atoms with Crippen LogP contribution >= 0.6 is 0 Å². The number of aryl methyl sites for hydroxylation is 2. The van der Waals surface area contributed by atoms with Crippen LogP contribution in [0.25, 0.3) is 10.9 Å². The Morgan fingerprint density at radius 2 is 2.00 bits per heavy atom. The van der Waals surface area contributed by atoms with Crippen molar-refractivity contribution < 1.29 is 9.53 Å². The quantitative estimate of drug-likeness (QED) is 0.800. The number of benzene rings is 2. The maximum atomic E-state index is 12.0. The summed E-state index contributed by atoms with van der Waals surface area (Å²) in [6.07, 6.45) is 2.00. The number of aromatic nitrogens is 1. The van der Waals surface area contributed by atoms with Crippen molar-refractivity contribution in [3.8, 4) is 5.75 Å². The average Bonchev–Trinajstić information content (AvgIpc) is 2.87. The van der Waals surface area contributed by atoms with E-state index in [0.29, 0.717) is 0 Å². The van der Waals surface area contributed by atoms with Gasteiger partial charge in [0.05, 0.1) is 0 Å². The first-order valence-electron chi connectivity index (χ1n) is 7.17. The molecule has 1 heterocycles. The number of nitrogens with one attached hydrogen (secondary N) is 1. The van der Waals surface area contributed by atoms with Crippen LogP contribution in [-0.4, -0.2) is 17.1 Å². The predicted octanol–water partition coefficient (Wildman–Crippen LogP) is 3.50. The maximum absolute atomic E-state index is 12.0. The first-order valence-corrected chi connectivity index (χ1v) is 7.17. The van der Waals surface area contributed by atoms with Crippen LogP contribution in [0.3, 0.4) is 0 Å². The second kappa shape index (κ2) is 5.93. The Morgan fingerprint density at radius 3 is 2.82 bits per heavy atom. The normalized spacial score (nSPS) is 10.6. The first kappa shape index (κ1) is 14.2. The van der Waals surface area contributed by atoms with E-state index >= 15 is 0 Å². The number of carbonyl (C=O) groups excluding carboxylic acids is 1. The van der Waals surface area contributed by atoms with Gasteiger partial charge >= 0.3 is 0 Å². The van der Waals surface area contributed by atoms with Gasteiger partial charge in [-0.3, -0.25) is 4.79 Å². The van der Waals surface area contributed by atoms with Gasteiger partial charge in [0.2, 0.25) is 0 Å². The molecule has 4 nitrogen and oxygen atoms in total. The smallest absolute Gasteiger partial charge is 0.262 e. The van der Waals surface area contributed by atoms with E-state index in [0.717, 1.165) is 27.9 Å². The minimum atomic E-state index is -0.168. The maximum Gasteiger partial charge on any atom is 0.262 e. The van der Waals surface area contributed by atoms with Gasteiger partial charge in [-0.2, -0.15) is 0 Å². The monoisotopic (exact) mass is 294 g/mol. The molecule has 1 aromatic heterocycles. The van der Waals surface area contributed by atoms with Crippen molar-refractivity contribution in [2.45, 2.75) is 6.92 Å². The fourth-order valence-corrected chi connectivity index (χ4v) is 2.42. The summed E-state index contributed by atoms with van der Waals surface area (Å²) in [4.78, 5) is 12.0. The number of nitrogens with zero attached hydrogens (tertiary/aromatic N) is 1. The molecule has 3 rings (SSSR count). The van der Waals surface area contributed by atoms with E-state index in [1.165, 1.54) is 0 Å². The van der Waals surface area contributed by atoms with Crippen LogP contribution in [0.15, 0.2) is 54.7 Å². The Bertz CT molecular complexity index is 821. The van der Waals surface area contributed by atoms with Gasteiger partial charge in [0.15, 0.2) is 6.61 Å². The number of fused-ring (bicyclic) bond motifs is 1. The Morgan fingerprint density at radius 1 is 1.18 bits per heavy atom. The van der Waals surface area contributed by atoms with Crippen molar-refractivity contribution in [1.29, 1.82) is 0 Å². The lowest BCUT2D eigenvalue weighted by atomic mass is 10.2. The molecule has 0 saturated carbocycles. The molecular formula is C18H18N2O2. The van der Waals surface area contributed by atoms with Crippen molar-refractivity contribution in [1.82, 2.24) is 4.57 Å². The van der Waals surface area contributed by atoms with E-state index < -0.39 is 0 Å². The lowest BCUT2D eigenvalue weighted by molar-refractivity contribution is -0.118. The number of anilines is 1. The zero-order valence-electron chi connectivity index (χ0n) is 12.7. The summed E-state index contributed by atoms with van der Waals surface area (Å²) >= 11 is 0. The molecule has 3 aromatic rings. The summed E-state index contributed by atoms with van der Waals surface area (Å²) in [6, 6.07) is 15.5. The number of amides is 1. The number of hydrogen-bond acceptors (Lipinski definition) is 2. The highest BCUT2D eigenvalue weighted by Crippen LogP contribution is 2.20. The van der Waals surface area contributed by atoms with Gasteiger partial charge in [0.25, 0.3) is 5.91 Å². The molecule has 0 saturated heterocycles. The highest BCUT2D eigenvalue weighted by atomic mass is 16.5. The second-order valence-corrected chi connectivity index (χ2v) is 5.30. The van der Waals surface area contributed by atoms with Crippen LogP contribution in [0.1, 0.15) is 5.56 Å². The molecule has 0 spiro atoms. The predicted molar refractivity (Wildman–Crippen MR) is 88.2 cm³/mol. The standard InChI is InChI=1S/C18H18N2O2/c1-13-5-3-4-6-17(13)22-12-18(21)19-15-7-8-16-14(11-15)9-10-20(16)2/h3-11H,12H2,1-2H3,(H,19,21). The number of rotatable bonds is 4. The summed E-state index contributed by atoms with van der Waals surface area (Å²) in [6.45, 7) is 1.95. The minimum absolute atomic E-state index is 0.00230. The van der Waals surface area contributed by atoms with E-state index in [9.17, 15) is 4.79 Å². The highest BCUT2D eigenvalue weighted by Gasteiger charge is 2.06. The molecule has 0 aliphatic carbocycles. The topological polar surface area (TPSA) is 43.3 Å². The minimum Gasteiger partial charge on any atom is -0.483 e. The molecule has 0 radical (unpaired) electrons. The van der Waals surface area contributed by atoms with Gasteiger partial charge in [0, 0.05) is 29.8 Å². The summed E-state index contributed by atoms with van der Waals surface area (Å²) in [5.41, 5.74) is 2.92. The van der Waals surface area contributed by atoms with E-state index in [2.05, 4.69) is 5.32 Å². The third-order valence-corrected chi connectivity index (χ3v) is 3.62. The Balaban J connectivity index is 1.64. The number of carbonyl (C=O) groups is 1. The summed E-state index contributed by atoms with van der Waals surface area (Å²) in [7, 11) is 2.00. The van der Waals surface area contributed by atoms with Crippen LogP contribution in [0.2, 0.25) is 0 Å². The summed E-state index contributed by atoms with van der Waals surface area (Å²) < 4.78 is 7.59. The van der Waals surface area contributed by atoms with Crippen molar-refractivity contribution >= 4 is 22.5 Å². The Hall–Kier alpha value is -2.75. The van der Waals surface area contributed by atoms with Crippen LogP contribution < -0.4 is 10.1 Å². The van der Waals surface area contributed by atoms with Gasteiger partial charge < -0.3 is 14.6 Å². The third kappa shape index (κ3) is 2.96. The number of para-hydroxylation sites is 1. The SMILES string of the molecule is Cc1ccccc1OCC(=O)Nc1ccc2c(ccn2C)c1. The molecule has 22 heavy (non-hydrogen) atoms. The van der Waals surface area contributed by atoms with E-state index in [4.69, 9.17) is 4.74 Å². The van der Waals surface area contributed by atoms with E-state index in [1.807, 2.05) is 73.3 Å². The highest BCUT2D eigenvalue weighted by molar-refractivity contribution is 5.94. The number of hydrogen-bond donors (Lipinski definition) is 1. The summed E-state index contributed by atoms with van der Waals surface area (Å²) in [5.74, 6) is 0.565. The van der Waals surface area contributed by atoms with Gasteiger partial charge in [-0.05, 0) is 42.8 Å². The van der Waals surface area contributed by atoms with Gasteiger partial charge in [-0.25, -0.2) is 0 Å². The van der Waals surface area contributed by atoms with Crippen molar-refractivity contribution in [3.63, 3.8) is 0 Å². The molecule has 112 valence electrons. The van der Waals surface area contributed by atoms with Crippen LogP contribution in [0, 0.1) is 6.92 Å². The lowest BCUT2D eigenvalue weighted by Gasteiger charge is -2.09. The number of ether oxygens (including phenoxy) is 1. The molecule has 1 amide bonds. The molecule has 0 unspecified atom stereocenters. The van der Waals surface area contributed by atoms with Gasteiger partial charge in [-0.1, -0.05) is 18.2 Å². The fraction of sp³-hybridized carbons (Fsp3) is 0.167. The van der Waals surface area contributed by atoms with Crippen LogP contribution in [0.4, 0.5) is 5.69 Å². The van der Waals surface area contributed by atoms with Crippen LogP contribution in [-0.2, 0) is 11.8 Å². The molecule has 0 fully saturated rings. The average molecular weight is 294 g/mol. The van der Waals surface area contributed by atoms with Crippen LogP contribution in [0.5, 0.6) is 5.75 Å². The lowest BCUT2D eigenvalue weighted by Crippen LogP contribution is -2.20. The molecule has 0 atom stereocenters. The molecule has 0 aliphatic heterocycles. The van der Waals surface area contributed by atoms with Gasteiger partial charge in [-0.15, -0.1) is 0 Å². The van der Waals surface area contributed by atoms with Crippen molar-refractivity contribution in [2.75, 3.05) is 11.9 Å². The fourth-order valence-electron chi connectivity index (χ4n) is 2.42. The van der Waals surface area contributed by atoms with Crippen molar-refractivity contribution in [3.05, 3.63) is 60.3 Å². The molecular weight excluding hydrogens is 276 g/mol. The summed E-state index contributed by atoms with van der Waals surface area (Å²) in [5, 5.41) is 3.96. The molecule has 0 bridgehead atoms. The molecule has 2 aromatic carbocycles. The Labute approximate surface area is 129 Å². The zero-order chi connectivity index (χ0) is 15.5. The zero-order valence-corrected chi connectivity index (χ0v) is 12.7. The van der Waals surface area contributed by atoms with Gasteiger partial charge in [0.1, 0.15) is 5.75 Å². The largest absolute Gasteiger partial charge is 0.483 e. The van der Waals surface area contributed by atoms with Crippen molar-refractivity contribution in [2.24, 2.45) is 7.05 Å². The molecule has 1 N–H and O–H groups in total. The molecule has 4 heteroatoms. The Kier molecular flexibility index (Phi) is 3.83. The van der Waals surface area contributed by atoms with E-state index in [1.54, 1.807) is 0 Å². The molecule has 0 aliphatic rings. The van der Waals surface area contributed by atoms with E-state index in [-0.39, 0.29) is 12.5 Å².